The normalized spacial score (nSPS) is 11.3. The smallest absolute Gasteiger partial charge is 0.336 e. The van der Waals surface area contributed by atoms with E-state index in [1.807, 2.05) is 36.4 Å². The minimum absolute atomic E-state index is 0.348. The summed E-state index contributed by atoms with van der Waals surface area (Å²) >= 11 is 1.49. The molecule has 0 bridgehead atoms. The minimum atomic E-state index is -0.348. The zero-order valence-electron chi connectivity index (χ0n) is 12.3. The number of tetrazole rings is 1. The first-order chi connectivity index (χ1) is 11.2. The molecule has 0 unspecified atom stereocenters. The fourth-order valence-electron chi connectivity index (χ4n) is 2.62. The van der Waals surface area contributed by atoms with Gasteiger partial charge < -0.3 is 4.42 Å². The molecule has 0 aliphatic heterocycles. The van der Waals surface area contributed by atoms with Crippen LogP contribution in [0.2, 0.25) is 0 Å². The molecule has 0 fully saturated rings. The number of nitrogens with zero attached hydrogens (tertiary/aromatic N) is 4. The average molecular weight is 324 g/mol. The number of hydrogen-bond donors (Lipinski definition) is 0. The maximum Gasteiger partial charge on any atom is 0.336 e. The lowest BCUT2D eigenvalue weighted by atomic mass is 10.0. The maximum atomic E-state index is 11.8. The summed E-state index contributed by atoms with van der Waals surface area (Å²) in [5.41, 5.74) is 1.17. The predicted octanol–water partition coefficient (Wildman–Crippen LogP) is 2.76. The molecule has 0 N–H and O–H groups in total. The number of fused-ring (bicyclic) bond motifs is 3. The van der Waals surface area contributed by atoms with Crippen molar-refractivity contribution >= 4 is 33.5 Å². The summed E-state index contributed by atoms with van der Waals surface area (Å²) in [6.45, 7) is 0. The van der Waals surface area contributed by atoms with Crippen molar-refractivity contribution in [2.75, 3.05) is 0 Å². The number of aryl methyl sites for hydroxylation is 1. The van der Waals surface area contributed by atoms with Crippen molar-refractivity contribution < 1.29 is 4.42 Å². The van der Waals surface area contributed by atoms with Crippen molar-refractivity contribution in [3.63, 3.8) is 0 Å². The molecule has 0 aliphatic rings. The Morgan fingerprint density at radius 1 is 1.22 bits per heavy atom. The van der Waals surface area contributed by atoms with Gasteiger partial charge in [-0.3, -0.25) is 0 Å². The van der Waals surface area contributed by atoms with Crippen LogP contribution in [0.15, 0.2) is 56.8 Å². The minimum Gasteiger partial charge on any atom is -0.423 e. The Balaban J connectivity index is 1.88. The van der Waals surface area contributed by atoms with E-state index >= 15 is 0 Å². The van der Waals surface area contributed by atoms with Gasteiger partial charge in [0.1, 0.15) is 5.58 Å². The van der Waals surface area contributed by atoms with Crippen molar-refractivity contribution in [2.45, 2.75) is 10.9 Å². The van der Waals surface area contributed by atoms with Crippen LogP contribution < -0.4 is 5.63 Å². The fraction of sp³-hybridized carbons (Fsp3) is 0.125. The van der Waals surface area contributed by atoms with Crippen LogP contribution in [0, 0.1) is 0 Å². The van der Waals surface area contributed by atoms with E-state index in [4.69, 9.17) is 4.42 Å². The Bertz CT molecular complexity index is 1070. The highest BCUT2D eigenvalue weighted by Gasteiger charge is 2.11. The lowest BCUT2D eigenvalue weighted by Crippen LogP contribution is -2.01. The van der Waals surface area contributed by atoms with Crippen LogP contribution in [-0.2, 0) is 12.8 Å². The molecule has 4 aromatic rings. The summed E-state index contributed by atoms with van der Waals surface area (Å²) in [5, 5.41) is 15.2. The lowest BCUT2D eigenvalue weighted by molar-refractivity contribution is 0.560. The van der Waals surface area contributed by atoms with E-state index in [1.165, 1.54) is 11.8 Å². The first-order valence-electron chi connectivity index (χ1n) is 7.02. The van der Waals surface area contributed by atoms with Crippen molar-refractivity contribution in [1.82, 2.24) is 20.2 Å². The molecule has 0 saturated carbocycles. The average Bonchev–Trinajstić information content (AvgIpc) is 2.97. The van der Waals surface area contributed by atoms with E-state index < -0.39 is 0 Å². The van der Waals surface area contributed by atoms with E-state index in [9.17, 15) is 4.79 Å². The zero-order valence-corrected chi connectivity index (χ0v) is 13.1. The third-order valence-corrected chi connectivity index (χ3v) is 4.71. The summed E-state index contributed by atoms with van der Waals surface area (Å²) in [5.74, 6) is 0.588. The molecule has 7 heteroatoms. The summed E-state index contributed by atoms with van der Waals surface area (Å²) in [4.78, 5) is 11.8. The number of thioether (sulfide) groups is 1. The predicted molar refractivity (Wildman–Crippen MR) is 88.3 cm³/mol. The number of hydrogen-bond acceptors (Lipinski definition) is 6. The van der Waals surface area contributed by atoms with E-state index in [0.717, 1.165) is 21.7 Å². The van der Waals surface area contributed by atoms with Gasteiger partial charge in [0.15, 0.2) is 0 Å². The first kappa shape index (κ1) is 14.0. The topological polar surface area (TPSA) is 73.8 Å². The highest BCUT2D eigenvalue weighted by atomic mass is 32.2. The highest BCUT2D eigenvalue weighted by Crippen LogP contribution is 2.30. The molecule has 114 valence electrons. The Kier molecular flexibility index (Phi) is 3.34. The van der Waals surface area contributed by atoms with E-state index in [2.05, 4.69) is 15.5 Å². The van der Waals surface area contributed by atoms with E-state index in [-0.39, 0.29) is 5.63 Å². The van der Waals surface area contributed by atoms with Crippen molar-refractivity contribution in [2.24, 2.45) is 7.05 Å². The largest absolute Gasteiger partial charge is 0.423 e. The Morgan fingerprint density at radius 3 is 2.91 bits per heavy atom. The zero-order chi connectivity index (χ0) is 15.8. The Morgan fingerprint density at radius 2 is 2.09 bits per heavy atom. The number of aromatic nitrogens is 4. The summed E-state index contributed by atoms with van der Waals surface area (Å²) in [7, 11) is 1.79. The summed E-state index contributed by atoms with van der Waals surface area (Å²) in [6.07, 6.45) is 0. The van der Waals surface area contributed by atoms with Crippen LogP contribution in [-0.4, -0.2) is 20.2 Å². The third-order valence-electron chi connectivity index (χ3n) is 3.65. The molecule has 0 aliphatic carbocycles. The molecule has 2 aromatic heterocycles. The fourth-order valence-corrected chi connectivity index (χ4v) is 3.45. The third kappa shape index (κ3) is 2.49. The number of rotatable bonds is 3. The molecule has 2 heterocycles. The maximum absolute atomic E-state index is 11.8. The van der Waals surface area contributed by atoms with Crippen LogP contribution in [0.5, 0.6) is 0 Å². The Labute approximate surface area is 135 Å². The molecular formula is C16H12N4O2S. The Hall–Kier alpha value is -2.67. The van der Waals surface area contributed by atoms with Crippen molar-refractivity contribution in [3.8, 4) is 0 Å². The molecule has 6 nitrogen and oxygen atoms in total. The van der Waals surface area contributed by atoms with Gasteiger partial charge >= 0.3 is 5.63 Å². The second kappa shape index (κ2) is 5.51. The molecule has 23 heavy (non-hydrogen) atoms. The lowest BCUT2D eigenvalue weighted by Gasteiger charge is -2.08. The molecule has 0 spiro atoms. The summed E-state index contributed by atoms with van der Waals surface area (Å²) < 4.78 is 6.97. The van der Waals surface area contributed by atoms with Crippen LogP contribution in [0.25, 0.3) is 21.7 Å². The van der Waals surface area contributed by atoms with Gasteiger partial charge in [-0.1, -0.05) is 42.1 Å². The van der Waals surface area contributed by atoms with E-state index in [1.54, 1.807) is 17.8 Å². The van der Waals surface area contributed by atoms with Crippen LogP contribution in [0.1, 0.15) is 5.56 Å². The second-order valence-electron chi connectivity index (χ2n) is 5.12. The monoisotopic (exact) mass is 324 g/mol. The van der Waals surface area contributed by atoms with Crippen molar-refractivity contribution in [3.05, 3.63) is 58.4 Å². The van der Waals surface area contributed by atoms with Gasteiger partial charge in [-0.25, -0.2) is 9.48 Å². The van der Waals surface area contributed by atoms with Gasteiger partial charge in [-0.05, 0) is 32.8 Å². The molecule has 0 atom stereocenters. The van der Waals surface area contributed by atoms with Crippen LogP contribution in [0.4, 0.5) is 0 Å². The molecular weight excluding hydrogens is 312 g/mol. The molecule has 0 saturated heterocycles. The highest BCUT2D eigenvalue weighted by molar-refractivity contribution is 7.98. The van der Waals surface area contributed by atoms with Gasteiger partial charge in [0.2, 0.25) is 5.16 Å². The van der Waals surface area contributed by atoms with Crippen LogP contribution >= 0.6 is 11.8 Å². The molecule has 0 radical (unpaired) electrons. The number of benzene rings is 2. The van der Waals surface area contributed by atoms with Gasteiger partial charge in [-0.15, -0.1) is 5.10 Å². The first-order valence-corrected chi connectivity index (χ1v) is 8.00. The summed E-state index contributed by atoms with van der Waals surface area (Å²) in [6, 6.07) is 13.4. The van der Waals surface area contributed by atoms with Gasteiger partial charge in [0.05, 0.1) is 0 Å². The van der Waals surface area contributed by atoms with Gasteiger partial charge in [0, 0.05) is 24.3 Å². The standard InChI is InChI=1S/C16H12N4O2S/c1-20-16(17-18-19-20)23-9-11-8-14(21)22-13-7-6-10-4-2-3-5-12(10)15(11)13/h2-8H,9H2,1H3. The molecule has 0 amide bonds. The van der Waals surface area contributed by atoms with E-state index in [0.29, 0.717) is 16.5 Å². The molecule has 2 aromatic carbocycles. The van der Waals surface area contributed by atoms with Crippen molar-refractivity contribution in [1.29, 1.82) is 0 Å². The SMILES string of the molecule is Cn1nnnc1SCc1cc(=O)oc2ccc3ccccc3c12. The molecule has 4 rings (SSSR count). The van der Waals surface area contributed by atoms with Crippen LogP contribution in [0.3, 0.4) is 0 Å². The van der Waals surface area contributed by atoms with Gasteiger partial charge in [0.25, 0.3) is 0 Å². The quantitative estimate of drug-likeness (QED) is 0.328. The van der Waals surface area contributed by atoms with Gasteiger partial charge in [-0.2, -0.15) is 0 Å². The second-order valence-corrected chi connectivity index (χ2v) is 6.07.